The molecular formula is C29H32F2N2O6. The zero-order valence-electron chi connectivity index (χ0n) is 22.1. The second kappa shape index (κ2) is 11.9. The van der Waals surface area contributed by atoms with Crippen LogP contribution in [0.5, 0.6) is 0 Å². The molecule has 208 valence electrons. The lowest BCUT2D eigenvalue weighted by Crippen LogP contribution is -2.67. The van der Waals surface area contributed by atoms with E-state index in [1.165, 1.54) is 6.92 Å². The van der Waals surface area contributed by atoms with Crippen molar-refractivity contribution in [3.8, 4) is 0 Å². The molecule has 1 saturated heterocycles. The molecule has 10 heteroatoms. The summed E-state index contributed by atoms with van der Waals surface area (Å²) in [4.78, 5) is 53.3. The monoisotopic (exact) mass is 542 g/mol. The fourth-order valence-corrected chi connectivity index (χ4v) is 5.39. The van der Waals surface area contributed by atoms with Gasteiger partial charge in [-0.3, -0.25) is 14.4 Å². The maximum absolute atomic E-state index is 15.1. The lowest BCUT2D eigenvalue weighted by Gasteiger charge is -2.44. The lowest BCUT2D eigenvalue weighted by molar-refractivity contribution is -0.167. The summed E-state index contributed by atoms with van der Waals surface area (Å²) < 4.78 is 39.1. The first-order valence-corrected chi connectivity index (χ1v) is 13.0. The normalized spacial score (nSPS) is 20.0. The minimum Gasteiger partial charge on any atom is -0.462 e. The van der Waals surface area contributed by atoms with Crippen LogP contribution in [-0.4, -0.2) is 54.0 Å². The van der Waals surface area contributed by atoms with Crippen LogP contribution in [0, 0.1) is 23.5 Å². The van der Waals surface area contributed by atoms with Gasteiger partial charge >= 0.3 is 11.9 Å². The highest BCUT2D eigenvalue weighted by Gasteiger charge is 2.50. The van der Waals surface area contributed by atoms with Gasteiger partial charge in [-0.1, -0.05) is 44.2 Å². The summed E-state index contributed by atoms with van der Waals surface area (Å²) in [7, 11) is 0. The van der Waals surface area contributed by atoms with E-state index >= 15 is 4.39 Å². The number of halogens is 2. The van der Waals surface area contributed by atoms with Crippen molar-refractivity contribution in [1.29, 1.82) is 0 Å². The van der Waals surface area contributed by atoms with E-state index in [9.17, 15) is 23.6 Å². The number of piperazine rings is 1. The Kier molecular flexibility index (Phi) is 8.62. The molecule has 0 aromatic heterocycles. The third-order valence-corrected chi connectivity index (χ3v) is 7.10. The van der Waals surface area contributed by atoms with Gasteiger partial charge in [0, 0.05) is 18.6 Å². The Morgan fingerprint density at radius 3 is 2.26 bits per heavy atom. The van der Waals surface area contributed by atoms with E-state index in [0.717, 1.165) is 28.2 Å². The highest BCUT2D eigenvalue weighted by atomic mass is 19.1. The van der Waals surface area contributed by atoms with Crippen LogP contribution in [0.2, 0.25) is 0 Å². The van der Waals surface area contributed by atoms with Crippen molar-refractivity contribution in [1.82, 2.24) is 10.2 Å². The number of benzene rings is 2. The highest BCUT2D eigenvalue weighted by Crippen LogP contribution is 2.36. The Hall–Kier alpha value is -3.82. The van der Waals surface area contributed by atoms with E-state index in [0.29, 0.717) is 18.9 Å². The average Bonchev–Trinajstić information content (AvgIpc) is 3.30. The quantitative estimate of drug-likeness (QED) is 0.386. The molecule has 0 spiro atoms. The summed E-state index contributed by atoms with van der Waals surface area (Å²) >= 11 is 0. The molecular weight excluding hydrogens is 510 g/mol. The molecule has 8 nitrogen and oxygen atoms in total. The zero-order valence-corrected chi connectivity index (χ0v) is 22.1. The van der Waals surface area contributed by atoms with Crippen molar-refractivity contribution in [3.05, 3.63) is 70.8 Å². The van der Waals surface area contributed by atoms with Crippen molar-refractivity contribution in [2.75, 3.05) is 13.2 Å². The number of amides is 2. The Bertz CT molecular complexity index is 1240. The maximum Gasteiger partial charge on any atom is 0.333 e. The maximum atomic E-state index is 15.1. The molecule has 1 aliphatic heterocycles. The van der Waals surface area contributed by atoms with Crippen LogP contribution in [0.15, 0.2) is 42.5 Å². The zero-order chi connectivity index (χ0) is 28.3. The van der Waals surface area contributed by atoms with Gasteiger partial charge in [-0.05, 0) is 48.3 Å². The van der Waals surface area contributed by atoms with Crippen LogP contribution in [0.25, 0.3) is 0 Å². The van der Waals surface area contributed by atoms with Gasteiger partial charge < -0.3 is 19.7 Å². The van der Waals surface area contributed by atoms with Crippen molar-refractivity contribution >= 4 is 23.8 Å². The van der Waals surface area contributed by atoms with E-state index in [1.807, 2.05) is 38.1 Å². The highest BCUT2D eigenvalue weighted by molar-refractivity contribution is 5.99. The molecule has 1 N–H and O–H groups in total. The molecule has 1 heterocycles. The van der Waals surface area contributed by atoms with E-state index in [-0.39, 0.29) is 37.0 Å². The smallest absolute Gasteiger partial charge is 0.333 e. The summed E-state index contributed by atoms with van der Waals surface area (Å²) in [5.74, 6) is -4.81. The summed E-state index contributed by atoms with van der Waals surface area (Å²) in [6.07, 6.45) is 1.31. The van der Waals surface area contributed by atoms with Gasteiger partial charge in [0.1, 0.15) is 36.9 Å². The molecule has 3 atom stereocenters. The van der Waals surface area contributed by atoms with Crippen LogP contribution in [0.3, 0.4) is 0 Å². The molecule has 1 fully saturated rings. The van der Waals surface area contributed by atoms with Crippen molar-refractivity contribution < 1.29 is 37.4 Å². The average molecular weight is 543 g/mol. The van der Waals surface area contributed by atoms with Crippen molar-refractivity contribution in [3.63, 3.8) is 0 Å². The Morgan fingerprint density at radius 2 is 1.67 bits per heavy atom. The Morgan fingerprint density at radius 1 is 1.03 bits per heavy atom. The summed E-state index contributed by atoms with van der Waals surface area (Å²) in [6, 6.07) is 6.74. The van der Waals surface area contributed by atoms with E-state index < -0.39 is 53.5 Å². The topological polar surface area (TPSA) is 102 Å². The number of carbonyl (C=O) groups is 4. The van der Waals surface area contributed by atoms with E-state index in [2.05, 4.69) is 5.32 Å². The number of carbonyl (C=O) groups excluding carboxylic acids is 4. The van der Waals surface area contributed by atoms with E-state index in [4.69, 9.17) is 9.47 Å². The van der Waals surface area contributed by atoms with Gasteiger partial charge in [-0.25, -0.2) is 13.6 Å². The number of hydrogen-bond acceptors (Lipinski definition) is 6. The van der Waals surface area contributed by atoms with Crippen LogP contribution in [0.4, 0.5) is 8.78 Å². The number of nitrogens with one attached hydrogen (secondary N) is 1. The van der Waals surface area contributed by atoms with Crippen LogP contribution in [-0.2, 0) is 41.5 Å². The number of nitrogens with zero attached hydrogens (tertiary/aromatic N) is 1. The molecule has 2 amide bonds. The second-order valence-electron chi connectivity index (χ2n) is 10.4. The lowest BCUT2D eigenvalue weighted by atomic mass is 9.88. The molecule has 4 rings (SSSR count). The fourth-order valence-electron chi connectivity index (χ4n) is 5.39. The number of hydrogen-bond donors (Lipinski definition) is 1. The third-order valence-electron chi connectivity index (χ3n) is 7.10. The minimum absolute atomic E-state index is 0.0537. The Balaban J connectivity index is 1.72. The molecule has 0 bridgehead atoms. The van der Waals surface area contributed by atoms with Crippen molar-refractivity contribution in [2.24, 2.45) is 11.8 Å². The number of fused-ring (bicyclic) bond motifs is 1. The molecule has 39 heavy (non-hydrogen) atoms. The van der Waals surface area contributed by atoms with Gasteiger partial charge in [0.05, 0.1) is 0 Å². The first kappa shape index (κ1) is 28.2. The molecule has 2 aliphatic rings. The summed E-state index contributed by atoms with van der Waals surface area (Å²) in [5, 5.41) is 2.87. The predicted octanol–water partition coefficient (Wildman–Crippen LogP) is 3.27. The number of esters is 2. The van der Waals surface area contributed by atoms with Gasteiger partial charge in [0.2, 0.25) is 11.8 Å². The fraction of sp³-hybridized carbons (Fsp3) is 0.448. The van der Waals surface area contributed by atoms with Gasteiger partial charge in [0.25, 0.3) is 0 Å². The predicted molar refractivity (Wildman–Crippen MR) is 136 cm³/mol. The van der Waals surface area contributed by atoms with Crippen molar-refractivity contribution in [2.45, 2.75) is 58.2 Å². The molecule has 0 saturated carbocycles. The van der Waals surface area contributed by atoms with Gasteiger partial charge in [-0.2, -0.15) is 0 Å². The van der Waals surface area contributed by atoms with Gasteiger partial charge in [0.15, 0.2) is 6.04 Å². The first-order valence-electron chi connectivity index (χ1n) is 13.0. The van der Waals surface area contributed by atoms with Gasteiger partial charge in [-0.15, -0.1) is 0 Å². The number of ether oxygens (including phenoxy) is 2. The third kappa shape index (κ3) is 6.26. The van der Waals surface area contributed by atoms with Crippen LogP contribution in [0.1, 0.15) is 49.9 Å². The molecule has 2 aromatic rings. The number of rotatable bonds is 9. The standard InChI is InChI=1S/C29H32F2N2O6/c1-16(2)12-24-27(35)32-25(20-13-18-6-4-5-7-19(18)14-20)28(36)33(24)26(22-9-8-21(30)15-23(22)31)29(37)39-11-10-38-17(3)34/h4-9,15-16,20,24-26H,10-14H2,1-3H3,(H,32,35)/t24-,25-,26-/m1/s1. The largest absolute Gasteiger partial charge is 0.462 e. The molecule has 0 radical (unpaired) electrons. The molecule has 2 aromatic carbocycles. The second-order valence-corrected chi connectivity index (χ2v) is 10.4. The Labute approximate surface area is 225 Å². The molecule has 1 aliphatic carbocycles. The molecule has 0 unspecified atom stereocenters. The van der Waals surface area contributed by atoms with Crippen LogP contribution < -0.4 is 5.32 Å². The SMILES string of the molecule is CC(=O)OCCOC(=O)[C@@H](c1ccc(F)cc1F)N1C(=O)[C@@H](C2Cc3ccccc3C2)NC(=O)[C@H]1CC(C)C. The van der Waals surface area contributed by atoms with Crippen LogP contribution >= 0.6 is 0 Å². The summed E-state index contributed by atoms with van der Waals surface area (Å²) in [6.45, 7) is 4.33. The summed E-state index contributed by atoms with van der Waals surface area (Å²) in [5.41, 5.74) is 1.86. The first-order chi connectivity index (χ1) is 18.6. The van der Waals surface area contributed by atoms with E-state index in [1.54, 1.807) is 0 Å². The minimum atomic E-state index is -1.66.